The van der Waals surface area contributed by atoms with Crippen molar-refractivity contribution in [1.29, 1.82) is 0 Å². The van der Waals surface area contributed by atoms with E-state index in [1.807, 2.05) is 17.2 Å². The summed E-state index contributed by atoms with van der Waals surface area (Å²) in [4.78, 5) is 35.6. The van der Waals surface area contributed by atoms with Crippen molar-refractivity contribution in [3.8, 4) is 0 Å². The van der Waals surface area contributed by atoms with Crippen molar-refractivity contribution in [3.05, 3.63) is 42.5 Å². The van der Waals surface area contributed by atoms with Gasteiger partial charge in [-0.3, -0.25) is 9.59 Å². The minimum absolute atomic E-state index is 0.115. The maximum Gasteiger partial charge on any atom is 0.225 e. The van der Waals surface area contributed by atoms with Gasteiger partial charge in [0, 0.05) is 57.7 Å². The van der Waals surface area contributed by atoms with Gasteiger partial charge in [0.25, 0.3) is 0 Å². The van der Waals surface area contributed by atoms with Gasteiger partial charge in [-0.2, -0.15) is 0 Å². The van der Waals surface area contributed by atoms with Crippen LogP contribution in [0.3, 0.4) is 0 Å². The summed E-state index contributed by atoms with van der Waals surface area (Å²) in [6, 6.07) is 5.35. The van der Waals surface area contributed by atoms with E-state index in [2.05, 4.69) is 14.9 Å². The zero-order valence-corrected chi connectivity index (χ0v) is 12.8. The fraction of sp³-hybridized carbons (Fsp3) is 0.375. The Labute approximate surface area is 134 Å². The Bertz CT molecular complexity index is 662. The number of rotatable bonds is 5. The first-order valence-electron chi connectivity index (χ1n) is 7.68. The van der Waals surface area contributed by atoms with Crippen LogP contribution in [0.15, 0.2) is 36.8 Å². The highest BCUT2D eigenvalue weighted by Crippen LogP contribution is 2.11. The lowest BCUT2D eigenvalue weighted by atomic mass is 10.2. The third-order valence-electron chi connectivity index (χ3n) is 4.02. The predicted octanol–water partition coefficient (Wildman–Crippen LogP) is 0.829. The average Bonchev–Trinajstić information content (AvgIpc) is 3.08. The Morgan fingerprint density at radius 3 is 2.57 bits per heavy atom. The van der Waals surface area contributed by atoms with Crippen molar-refractivity contribution >= 4 is 18.1 Å². The summed E-state index contributed by atoms with van der Waals surface area (Å²) in [6.45, 7) is 3.34. The molecule has 0 aliphatic carbocycles. The molecular weight excluding hydrogens is 294 g/mol. The zero-order chi connectivity index (χ0) is 16.1. The predicted molar refractivity (Wildman–Crippen MR) is 85.3 cm³/mol. The van der Waals surface area contributed by atoms with Crippen LogP contribution in [0.4, 0.5) is 5.95 Å². The van der Waals surface area contributed by atoms with Gasteiger partial charge in [-0.25, -0.2) is 9.97 Å². The van der Waals surface area contributed by atoms with E-state index >= 15 is 0 Å². The fourth-order valence-corrected chi connectivity index (χ4v) is 2.72. The molecule has 3 rings (SSSR count). The molecule has 3 heterocycles. The van der Waals surface area contributed by atoms with Crippen LogP contribution >= 0.6 is 0 Å². The molecule has 7 nitrogen and oxygen atoms in total. The summed E-state index contributed by atoms with van der Waals surface area (Å²) in [5.74, 6) is 0.826. The molecule has 0 radical (unpaired) electrons. The van der Waals surface area contributed by atoms with E-state index in [4.69, 9.17) is 0 Å². The highest BCUT2D eigenvalue weighted by molar-refractivity contribution is 5.77. The number of carbonyl (C=O) groups excluding carboxylic acids is 2. The van der Waals surface area contributed by atoms with Gasteiger partial charge in [0.1, 0.15) is 0 Å². The summed E-state index contributed by atoms with van der Waals surface area (Å²) in [5.41, 5.74) is 0.601. The van der Waals surface area contributed by atoms with Crippen LogP contribution < -0.4 is 4.90 Å². The third kappa shape index (κ3) is 3.56. The molecule has 1 fully saturated rings. The Kier molecular flexibility index (Phi) is 4.65. The second-order valence-corrected chi connectivity index (χ2v) is 5.41. The Hall–Kier alpha value is -2.70. The smallest absolute Gasteiger partial charge is 0.225 e. The Balaban J connectivity index is 1.49. The lowest BCUT2D eigenvalue weighted by Gasteiger charge is -2.34. The van der Waals surface area contributed by atoms with Crippen molar-refractivity contribution in [2.75, 3.05) is 31.1 Å². The van der Waals surface area contributed by atoms with Crippen LogP contribution in [0.1, 0.15) is 16.9 Å². The van der Waals surface area contributed by atoms with E-state index in [9.17, 15) is 9.59 Å². The van der Waals surface area contributed by atoms with Gasteiger partial charge in [-0.15, -0.1) is 0 Å². The van der Waals surface area contributed by atoms with Crippen LogP contribution in [0.25, 0.3) is 0 Å². The van der Waals surface area contributed by atoms with Gasteiger partial charge in [0.05, 0.1) is 5.69 Å². The number of piperazine rings is 1. The first kappa shape index (κ1) is 15.2. The van der Waals surface area contributed by atoms with Crippen LogP contribution in [-0.2, 0) is 11.3 Å². The van der Waals surface area contributed by atoms with Crippen molar-refractivity contribution in [2.24, 2.45) is 0 Å². The van der Waals surface area contributed by atoms with E-state index < -0.39 is 0 Å². The highest BCUT2D eigenvalue weighted by Gasteiger charge is 2.22. The molecule has 0 unspecified atom stereocenters. The third-order valence-corrected chi connectivity index (χ3v) is 4.02. The summed E-state index contributed by atoms with van der Waals surface area (Å²) < 4.78 is 1.80. The SMILES string of the molecule is O=Cc1cccn1CCC(=O)N1CCN(c2ncccn2)CC1. The topological polar surface area (TPSA) is 71.3 Å². The van der Waals surface area contributed by atoms with Gasteiger partial charge in [-0.05, 0) is 18.2 Å². The molecule has 0 atom stereocenters. The molecule has 0 spiro atoms. The zero-order valence-electron chi connectivity index (χ0n) is 12.8. The van der Waals surface area contributed by atoms with Gasteiger partial charge < -0.3 is 14.4 Å². The molecule has 2 aromatic rings. The Morgan fingerprint density at radius 1 is 1.13 bits per heavy atom. The largest absolute Gasteiger partial charge is 0.345 e. The standard InChI is InChI=1S/C16H19N5O2/c22-13-14-3-1-7-19(14)8-4-15(23)20-9-11-21(12-10-20)16-17-5-2-6-18-16/h1-3,5-7,13H,4,8-12H2. The van der Waals surface area contributed by atoms with Gasteiger partial charge in [-0.1, -0.05) is 0 Å². The quantitative estimate of drug-likeness (QED) is 0.765. The lowest BCUT2D eigenvalue weighted by Crippen LogP contribution is -2.49. The number of nitrogens with zero attached hydrogens (tertiary/aromatic N) is 5. The molecule has 1 saturated heterocycles. The van der Waals surface area contributed by atoms with Crippen LogP contribution in [0, 0.1) is 0 Å². The molecule has 1 amide bonds. The maximum absolute atomic E-state index is 12.3. The van der Waals surface area contributed by atoms with Crippen molar-refractivity contribution < 1.29 is 9.59 Å². The molecule has 1 aliphatic rings. The first-order chi connectivity index (χ1) is 11.3. The van der Waals surface area contributed by atoms with Gasteiger partial charge >= 0.3 is 0 Å². The highest BCUT2D eigenvalue weighted by atomic mass is 16.2. The number of hydrogen-bond acceptors (Lipinski definition) is 5. The van der Waals surface area contributed by atoms with Crippen LogP contribution in [0.5, 0.6) is 0 Å². The normalized spacial score (nSPS) is 14.8. The van der Waals surface area contributed by atoms with Gasteiger partial charge in [0.15, 0.2) is 6.29 Å². The van der Waals surface area contributed by atoms with E-state index in [0.29, 0.717) is 37.7 Å². The summed E-state index contributed by atoms with van der Waals surface area (Å²) in [5, 5.41) is 0. The van der Waals surface area contributed by atoms with Crippen molar-refractivity contribution in [2.45, 2.75) is 13.0 Å². The second-order valence-electron chi connectivity index (χ2n) is 5.41. The van der Waals surface area contributed by atoms with Crippen LogP contribution in [-0.4, -0.2) is 57.8 Å². The van der Waals surface area contributed by atoms with Crippen molar-refractivity contribution in [3.63, 3.8) is 0 Å². The number of aldehydes is 1. The molecule has 0 bridgehead atoms. The van der Waals surface area contributed by atoms with Crippen LogP contribution in [0.2, 0.25) is 0 Å². The fourth-order valence-electron chi connectivity index (χ4n) is 2.72. The van der Waals surface area contributed by atoms with E-state index in [0.717, 1.165) is 19.4 Å². The first-order valence-corrected chi connectivity index (χ1v) is 7.68. The number of aryl methyl sites for hydroxylation is 1. The summed E-state index contributed by atoms with van der Waals surface area (Å²) in [7, 11) is 0. The minimum Gasteiger partial charge on any atom is -0.345 e. The molecule has 23 heavy (non-hydrogen) atoms. The number of amides is 1. The number of carbonyl (C=O) groups is 2. The number of hydrogen-bond donors (Lipinski definition) is 0. The van der Waals surface area contributed by atoms with E-state index in [-0.39, 0.29) is 5.91 Å². The molecule has 1 aliphatic heterocycles. The molecule has 2 aromatic heterocycles. The summed E-state index contributed by atoms with van der Waals surface area (Å²) in [6.07, 6.45) is 6.48. The summed E-state index contributed by atoms with van der Waals surface area (Å²) >= 11 is 0. The Morgan fingerprint density at radius 2 is 1.87 bits per heavy atom. The molecule has 0 N–H and O–H groups in total. The second kappa shape index (κ2) is 7.04. The molecule has 0 aromatic carbocycles. The van der Waals surface area contributed by atoms with Gasteiger partial charge in [0.2, 0.25) is 11.9 Å². The lowest BCUT2D eigenvalue weighted by molar-refractivity contribution is -0.131. The monoisotopic (exact) mass is 313 g/mol. The van der Waals surface area contributed by atoms with E-state index in [1.54, 1.807) is 29.1 Å². The molecule has 120 valence electrons. The number of aromatic nitrogens is 3. The molecule has 0 saturated carbocycles. The molecule has 7 heteroatoms. The molecular formula is C16H19N5O2. The maximum atomic E-state index is 12.3. The minimum atomic E-state index is 0.115. The average molecular weight is 313 g/mol. The van der Waals surface area contributed by atoms with Crippen molar-refractivity contribution in [1.82, 2.24) is 19.4 Å². The van der Waals surface area contributed by atoms with E-state index in [1.165, 1.54) is 0 Å². The number of anilines is 1.